The van der Waals surface area contributed by atoms with Crippen molar-refractivity contribution in [3.05, 3.63) is 29.8 Å². The van der Waals surface area contributed by atoms with Crippen molar-refractivity contribution in [2.24, 2.45) is 0 Å². The van der Waals surface area contributed by atoms with Gasteiger partial charge in [0, 0.05) is 18.7 Å². The van der Waals surface area contributed by atoms with E-state index < -0.39 is 6.04 Å². The Balaban J connectivity index is 2.86. The largest absolute Gasteiger partial charge is 0.496 e. The first-order valence-corrected chi connectivity index (χ1v) is 6.19. The third kappa shape index (κ3) is 4.54. The highest BCUT2D eigenvalue weighted by Crippen LogP contribution is 2.25. The van der Waals surface area contributed by atoms with Gasteiger partial charge in [0.05, 0.1) is 14.2 Å². The topological polar surface area (TPSA) is 50.8 Å². The summed E-state index contributed by atoms with van der Waals surface area (Å²) in [4.78, 5) is 13.9. The molecule has 0 spiro atoms. The Bertz CT molecular complexity index is 407. The average Bonchev–Trinajstić information content (AvgIpc) is 2.42. The summed E-state index contributed by atoms with van der Waals surface area (Å²) in [6.07, 6.45) is 0. The number of rotatable bonds is 7. The lowest BCUT2D eigenvalue weighted by Crippen LogP contribution is -2.34. The first-order valence-electron chi connectivity index (χ1n) is 6.19. The zero-order valence-electron chi connectivity index (χ0n) is 12.0. The third-order valence-electron chi connectivity index (χ3n) is 2.79. The smallest absolute Gasteiger partial charge is 0.327 e. The van der Waals surface area contributed by atoms with Crippen LogP contribution >= 0.6 is 0 Å². The predicted octanol–water partition coefficient (Wildman–Crippen LogP) is 1.06. The Labute approximate surface area is 114 Å². The highest BCUT2D eigenvalue weighted by molar-refractivity contribution is 5.78. The summed E-state index contributed by atoms with van der Waals surface area (Å²) >= 11 is 0. The summed E-state index contributed by atoms with van der Waals surface area (Å²) in [6, 6.07) is 6.93. The fourth-order valence-electron chi connectivity index (χ4n) is 1.78. The number of nitrogens with one attached hydrogen (secondary N) is 1. The van der Waals surface area contributed by atoms with Gasteiger partial charge in [0.25, 0.3) is 0 Å². The van der Waals surface area contributed by atoms with E-state index in [-0.39, 0.29) is 5.97 Å². The monoisotopic (exact) mass is 266 g/mol. The molecule has 1 atom stereocenters. The van der Waals surface area contributed by atoms with Crippen LogP contribution < -0.4 is 10.1 Å². The number of benzene rings is 1. The molecule has 1 aromatic carbocycles. The van der Waals surface area contributed by atoms with Crippen LogP contribution in [0.3, 0.4) is 0 Å². The molecular formula is C14H22N2O3. The minimum Gasteiger partial charge on any atom is -0.496 e. The van der Waals surface area contributed by atoms with Crippen LogP contribution in [0.4, 0.5) is 0 Å². The van der Waals surface area contributed by atoms with Gasteiger partial charge in [-0.1, -0.05) is 18.2 Å². The molecule has 0 saturated carbocycles. The first kappa shape index (κ1) is 15.5. The molecule has 106 valence electrons. The van der Waals surface area contributed by atoms with Crippen LogP contribution in [0.15, 0.2) is 24.3 Å². The van der Waals surface area contributed by atoms with Crippen molar-refractivity contribution in [3.8, 4) is 5.75 Å². The van der Waals surface area contributed by atoms with Gasteiger partial charge in [0.2, 0.25) is 0 Å². The fraction of sp³-hybridized carbons (Fsp3) is 0.500. The van der Waals surface area contributed by atoms with Crippen LogP contribution in [0.25, 0.3) is 0 Å². The maximum atomic E-state index is 11.9. The Morgan fingerprint density at radius 2 is 2.00 bits per heavy atom. The van der Waals surface area contributed by atoms with Crippen LogP contribution in [0.5, 0.6) is 5.75 Å². The van der Waals surface area contributed by atoms with Crippen LogP contribution in [0, 0.1) is 0 Å². The zero-order valence-corrected chi connectivity index (χ0v) is 12.0. The summed E-state index contributed by atoms with van der Waals surface area (Å²) in [6.45, 7) is 1.52. The average molecular weight is 266 g/mol. The zero-order chi connectivity index (χ0) is 14.3. The number of para-hydroxylation sites is 1. The second-order valence-electron chi connectivity index (χ2n) is 4.46. The molecule has 5 heteroatoms. The Kier molecular flexibility index (Phi) is 6.32. The fourth-order valence-corrected chi connectivity index (χ4v) is 1.78. The molecule has 1 aromatic rings. The molecule has 0 aliphatic carbocycles. The van der Waals surface area contributed by atoms with E-state index >= 15 is 0 Å². The van der Waals surface area contributed by atoms with E-state index in [0.29, 0.717) is 12.3 Å². The lowest BCUT2D eigenvalue weighted by atomic mass is 10.1. The van der Waals surface area contributed by atoms with E-state index in [1.807, 2.05) is 43.3 Å². The standard InChI is InChI=1S/C14H22N2O3/c1-16(2)10-9-15-13(14(17)19-4)11-7-5-6-8-12(11)18-3/h5-8,13,15H,9-10H2,1-4H3. The number of ether oxygens (including phenoxy) is 2. The van der Waals surface area contributed by atoms with E-state index in [1.165, 1.54) is 7.11 Å². The van der Waals surface area contributed by atoms with Crippen molar-refractivity contribution in [1.82, 2.24) is 10.2 Å². The summed E-state index contributed by atoms with van der Waals surface area (Å²) in [5.41, 5.74) is 0.788. The van der Waals surface area contributed by atoms with Gasteiger partial charge in [0.15, 0.2) is 0 Å². The molecule has 19 heavy (non-hydrogen) atoms. The molecule has 0 fully saturated rings. The quantitative estimate of drug-likeness (QED) is 0.748. The highest BCUT2D eigenvalue weighted by Gasteiger charge is 2.23. The second-order valence-corrected chi connectivity index (χ2v) is 4.46. The van der Waals surface area contributed by atoms with E-state index in [9.17, 15) is 4.79 Å². The molecule has 0 aliphatic rings. The molecule has 0 radical (unpaired) electrons. The van der Waals surface area contributed by atoms with Crippen LogP contribution in [-0.4, -0.2) is 52.3 Å². The van der Waals surface area contributed by atoms with Gasteiger partial charge in [-0.25, -0.2) is 4.79 Å². The van der Waals surface area contributed by atoms with Crippen molar-refractivity contribution in [1.29, 1.82) is 0 Å². The molecule has 0 heterocycles. The molecule has 0 aromatic heterocycles. The molecular weight excluding hydrogens is 244 g/mol. The highest BCUT2D eigenvalue weighted by atomic mass is 16.5. The van der Waals surface area contributed by atoms with Crippen molar-refractivity contribution in [2.45, 2.75) is 6.04 Å². The number of carbonyl (C=O) groups is 1. The molecule has 0 bridgehead atoms. The van der Waals surface area contributed by atoms with Crippen molar-refractivity contribution in [2.75, 3.05) is 41.4 Å². The normalized spacial score (nSPS) is 12.3. The van der Waals surface area contributed by atoms with Gasteiger partial charge in [0.1, 0.15) is 11.8 Å². The molecule has 1 N–H and O–H groups in total. The van der Waals surface area contributed by atoms with E-state index in [0.717, 1.165) is 12.1 Å². The van der Waals surface area contributed by atoms with Gasteiger partial charge in [-0.15, -0.1) is 0 Å². The first-order chi connectivity index (χ1) is 9.10. The molecule has 1 rings (SSSR count). The Morgan fingerprint density at radius 1 is 1.32 bits per heavy atom. The summed E-state index contributed by atoms with van der Waals surface area (Å²) in [5.74, 6) is 0.360. The van der Waals surface area contributed by atoms with E-state index in [4.69, 9.17) is 9.47 Å². The number of hydrogen-bond acceptors (Lipinski definition) is 5. The van der Waals surface area contributed by atoms with E-state index in [2.05, 4.69) is 5.32 Å². The van der Waals surface area contributed by atoms with Gasteiger partial charge in [-0.05, 0) is 20.2 Å². The maximum absolute atomic E-state index is 11.9. The summed E-state index contributed by atoms with van der Waals surface area (Å²) in [7, 11) is 6.95. The Morgan fingerprint density at radius 3 is 2.58 bits per heavy atom. The van der Waals surface area contributed by atoms with Crippen LogP contribution in [-0.2, 0) is 9.53 Å². The molecule has 0 saturated heterocycles. The number of nitrogens with zero attached hydrogens (tertiary/aromatic N) is 1. The van der Waals surface area contributed by atoms with Crippen molar-refractivity contribution >= 4 is 5.97 Å². The van der Waals surface area contributed by atoms with Gasteiger partial charge in [-0.2, -0.15) is 0 Å². The SMILES string of the molecule is COC(=O)C(NCCN(C)C)c1ccccc1OC. The second kappa shape index (κ2) is 7.76. The minimum absolute atomic E-state index is 0.316. The van der Waals surface area contributed by atoms with Crippen LogP contribution in [0.2, 0.25) is 0 Å². The van der Waals surface area contributed by atoms with Gasteiger partial charge in [-0.3, -0.25) is 5.32 Å². The number of hydrogen-bond donors (Lipinski definition) is 1. The summed E-state index contributed by atoms with van der Waals surface area (Å²) in [5, 5.41) is 3.20. The predicted molar refractivity (Wildman–Crippen MR) is 74.3 cm³/mol. The Hall–Kier alpha value is -1.59. The number of methoxy groups -OCH3 is 2. The number of carbonyl (C=O) groups excluding carboxylic acids is 1. The van der Waals surface area contributed by atoms with E-state index in [1.54, 1.807) is 7.11 Å². The number of esters is 1. The molecule has 5 nitrogen and oxygen atoms in total. The molecule has 0 aliphatic heterocycles. The maximum Gasteiger partial charge on any atom is 0.327 e. The molecule has 0 amide bonds. The van der Waals surface area contributed by atoms with Crippen LogP contribution in [0.1, 0.15) is 11.6 Å². The minimum atomic E-state index is -0.513. The lowest BCUT2D eigenvalue weighted by molar-refractivity contribution is -0.143. The third-order valence-corrected chi connectivity index (χ3v) is 2.79. The van der Waals surface area contributed by atoms with Gasteiger partial charge < -0.3 is 14.4 Å². The lowest BCUT2D eigenvalue weighted by Gasteiger charge is -2.20. The summed E-state index contributed by atoms with van der Waals surface area (Å²) < 4.78 is 10.1. The van der Waals surface area contributed by atoms with Gasteiger partial charge >= 0.3 is 5.97 Å². The number of likely N-dealkylation sites (N-methyl/N-ethyl adjacent to an activating group) is 1. The van der Waals surface area contributed by atoms with Crippen molar-refractivity contribution < 1.29 is 14.3 Å². The molecule has 1 unspecified atom stereocenters. The van der Waals surface area contributed by atoms with Crippen molar-refractivity contribution in [3.63, 3.8) is 0 Å².